The van der Waals surface area contributed by atoms with Gasteiger partial charge in [-0.15, -0.1) is 0 Å². The lowest BCUT2D eigenvalue weighted by molar-refractivity contribution is 0.0699. The second kappa shape index (κ2) is 7.40. The van der Waals surface area contributed by atoms with E-state index in [0.717, 1.165) is 32.6 Å². The lowest BCUT2D eigenvalue weighted by atomic mass is 10.1. The Morgan fingerprint density at radius 3 is 2.74 bits per heavy atom. The van der Waals surface area contributed by atoms with Crippen molar-refractivity contribution < 1.29 is 14.3 Å². The molecule has 0 bridgehead atoms. The first-order valence-electron chi connectivity index (χ1n) is 9.31. The zero-order chi connectivity index (χ0) is 18.8. The molecule has 1 aliphatic heterocycles. The molecule has 3 aromatic rings. The Kier molecular flexibility index (Phi) is 4.81. The number of carboxylic acids is 1. The highest BCUT2D eigenvalue weighted by Gasteiger charge is 2.29. The number of hydrogen-bond acceptors (Lipinski definition) is 5. The summed E-state index contributed by atoms with van der Waals surface area (Å²) in [6, 6.07) is 16.3. The SMILES string of the molecule is CC[C@H]1CN(Cc2ccccc2)CCN1c1nc2c(C(=O)O)cccc2o1. The Hall–Kier alpha value is -2.86. The van der Waals surface area contributed by atoms with E-state index in [0.29, 0.717) is 17.1 Å². The van der Waals surface area contributed by atoms with E-state index in [9.17, 15) is 9.90 Å². The maximum absolute atomic E-state index is 11.4. The van der Waals surface area contributed by atoms with Crippen molar-refractivity contribution in [3.63, 3.8) is 0 Å². The fourth-order valence-electron chi connectivity index (χ4n) is 3.74. The van der Waals surface area contributed by atoms with E-state index >= 15 is 0 Å². The van der Waals surface area contributed by atoms with E-state index in [1.54, 1.807) is 18.2 Å². The number of carboxylic acid groups (broad SMARTS) is 1. The van der Waals surface area contributed by atoms with E-state index in [1.165, 1.54) is 5.56 Å². The molecule has 1 N–H and O–H groups in total. The van der Waals surface area contributed by atoms with Crippen LogP contribution in [0.25, 0.3) is 11.1 Å². The van der Waals surface area contributed by atoms with Crippen molar-refractivity contribution in [1.82, 2.24) is 9.88 Å². The molecule has 2 aromatic carbocycles. The molecule has 1 saturated heterocycles. The molecule has 27 heavy (non-hydrogen) atoms. The summed E-state index contributed by atoms with van der Waals surface area (Å²) in [7, 11) is 0. The Labute approximate surface area is 158 Å². The molecule has 0 amide bonds. The Balaban J connectivity index is 1.55. The number of fused-ring (bicyclic) bond motifs is 1. The van der Waals surface area contributed by atoms with Gasteiger partial charge in [0.15, 0.2) is 5.58 Å². The van der Waals surface area contributed by atoms with Crippen LogP contribution in [-0.2, 0) is 6.54 Å². The number of aromatic nitrogens is 1. The lowest BCUT2D eigenvalue weighted by Gasteiger charge is -2.40. The predicted octanol–water partition coefficient (Wildman–Crippen LogP) is 3.63. The number of anilines is 1. The van der Waals surface area contributed by atoms with Crippen molar-refractivity contribution >= 4 is 23.1 Å². The summed E-state index contributed by atoms with van der Waals surface area (Å²) < 4.78 is 5.92. The molecule has 0 aliphatic carbocycles. The minimum atomic E-state index is -0.986. The largest absolute Gasteiger partial charge is 0.478 e. The van der Waals surface area contributed by atoms with Crippen LogP contribution < -0.4 is 4.90 Å². The van der Waals surface area contributed by atoms with E-state index in [2.05, 4.69) is 46.0 Å². The van der Waals surface area contributed by atoms with Gasteiger partial charge < -0.3 is 14.4 Å². The predicted molar refractivity (Wildman–Crippen MR) is 104 cm³/mol. The molecular weight excluding hydrogens is 342 g/mol. The third kappa shape index (κ3) is 3.53. The molecule has 6 nitrogen and oxygen atoms in total. The Bertz CT molecular complexity index is 938. The van der Waals surface area contributed by atoms with Crippen LogP contribution >= 0.6 is 0 Å². The normalized spacial score (nSPS) is 18.1. The summed E-state index contributed by atoms with van der Waals surface area (Å²) in [5, 5.41) is 9.37. The highest BCUT2D eigenvalue weighted by molar-refractivity contribution is 6.00. The number of piperazine rings is 1. The minimum Gasteiger partial charge on any atom is -0.478 e. The molecule has 1 aliphatic rings. The van der Waals surface area contributed by atoms with Crippen LogP contribution in [0, 0.1) is 0 Å². The average Bonchev–Trinajstić information content (AvgIpc) is 3.12. The maximum atomic E-state index is 11.4. The first kappa shape index (κ1) is 17.5. The molecule has 1 atom stereocenters. The molecule has 4 rings (SSSR count). The number of aromatic carboxylic acids is 1. The number of oxazole rings is 1. The molecule has 0 unspecified atom stereocenters. The monoisotopic (exact) mass is 365 g/mol. The number of hydrogen-bond donors (Lipinski definition) is 1. The maximum Gasteiger partial charge on any atom is 0.338 e. The van der Waals surface area contributed by atoms with Gasteiger partial charge in [0, 0.05) is 32.2 Å². The van der Waals surface area contributed by atoms with Gasteiger partial charge in [-0.25, -0.2) is 4.79 Å². The van der Waals surface area contributed by atoms with Crippen LogP contribution in [0.15, 0.2) is 52.9 Å². The highest BCUT2D eigenvalue weighted by atomic mass is 16.4. The van der Waals surface area contributed by atoms with Crippen LogP contribution in [0.5, 0.6) is 0 Å². The van der Waals surface area contributed by atoms with Crippen LogP contribution in [-0.4, -0.2) is 46.6 Å². The van der Waals surface area contributed by atoms with E-state index in [1.807, 2.05) is 6.07 Å². The first-order valence-corrected chi connectivity index (χ1v) is 9.31. The van der Waals surface area contributed by atoms with Gasteiger partial charge in [-0.2, -0.15) is 4.98 Å². The van der Waals surface area contributed by atoms with Gasteiger partial charge in [0.1, 0.15) is 5.52 Å². The first-order chi connectivity index (χ1) is 13.2. The molecule has 2 heterocycles. The van der Waals surface area contributed by atoms with Gasteiger partial charge in [-0.05, 0) is 24.1 Å². The van der Waals surface area contributed by atoms with Gasteiger partial charge in [0.25, 0.3) is 6.01 Å². The van der Waals surface area contributed by atoms with Gasteiger partial charge in [0.05, 0.1) is 5.56 Å². The van der Waals surface area contributed by atoms with Crippen LogP contribution in [0.4, 0.5) is 6.01 Å². The summed E-state index contributed by atoms with van der Waals surface area (Å²) in [4.78, 5) is 20.6. The fourth-order valence-corrected chi connectivity index (χ4v) is 3.74. The van der Waals surface area contributed by atoms with Gasteiger partial charge in [-0.3, -0.25) is 4.90 Å². The molecule has 1 aromatic heterocycles. The third-order valence-electron chi connectivity index (χ3n) is 5.17. The van der Waals surface area contributed by atoms with Crippen molar-refractivity contribution in [3.8, 4) is 0 Å². The van der Waals surface area contributed by atoms with Crippen LogP contribution in [0.2, 0.25) is 0 Å². The van der Waals surface area contributed by atoms with Crippen molar-refractivity contribution in [2.75, 3.05) is 24.5 Å². The fraction of sp³-hybridized carbons (Fsp3) is 0.333. The van der Waals surface area contributed by atoms with Gasteiger partial charge >= 0.3 is 5.97 Å². The molecule has 0 spiro atoms. The van der Waals surface area contributed by atoms with Gasteiger partial charge in [-0.1, -0.05) is 43.3 Å². The number of nitrogens with zero attached hydrogens (tertiary/aromatic N) is 3. The van der Waals surface area contributed by atoms with Crippen molar-refractivity contribution in [2.24, 2.45) is 0 Å². The molecule has 0 radical (unpaired) electrons. The van der Waals surface area contributed by atoms with Gasteiger partial charge in [0.2, 0.25) is 0 Å². The van der Waals surface area contributed by atoms with Crippen molar-refractivity contribution in [2.45, 2.75) is 25.9 Å². The van der Waals surface area contributed by atoms with Crippen molar-refractivity contribution in [1.29, 1.82) is 0 Å². The number of para-hydroxylation sites is 1. The summed E-state index contributed by atoms with van der Waals surface area (Å²) in [5.41, 5.74) is 2.43. The lowest BCUT2D eigenvalue weighted by Crippen LogP contribution is -2.52. The minimum absolute atomic E-state index is 0.179. The summed E-state index contributed by atoms with van der Waals surface area (Å²) >= 11 is 0. The number of benzene rings is 2. The second-order valence-electron chi connectivity index (χ2n) is 6.93. The molecular formula is C21H23N3O3. The standard InChI is InChI=1S/C21H23N3O3/c1-2-16-14-23(13-15-7-4-3-5-8-15)11-12-24(16)21-22-19-17(20(25)26)9-6-10-18(19)27-21/h3-10,16H,2,11-14H2,1H3,(H,25,26)/t16-/m0/s1. The number of carbonyl (C=O) groups is 1. The van der Waals surface area contributed by atoms with Crippen LogP contribution in [0.3, 0.4) is 0 Å². The molecule has 6 heteroatoms. The Morgan fingerprint density at radius 1 is 1.19 bits per heavy atom. The second-order valence-corrected chi connectivity index (χ2v) is 6.93. The molecule has 1 fully saturated rings. The van der Waals surface area contributed by atoms with Crippen LogP contribution in [0.1, 0.15) is 29.3 Å². The summed E-state index contributed by atoms with van der Waals surface area (Å²) in [6.45, 7) is 5.74. The third-order valence-corrected chi connectivity index (χ3v) is 5.17. The number of rotatable bonds is 5. The summed E-state index contributed by atoms with van der Waals surface area (Å²) in [5.74, 6) is -0.986. The van der Waals surface area contributed by atoms with E-state index in [-0.39, 0.29) is 11.6 Å². The van der Waals surface area contributed by atoms with Crippen molar-refractivity contribution in [3.05, 3.63) is 59.7 Å². The average molecular weight is 365 g/mol. The topological polar surface area (TPSA) is 69.8 Å². The highest BCUT2D eigenvalue weighted by Crippen LogP contribution is 2.28. The zero-order valence-corrected chi connectivity index (χ0v) is 15.3. The van der Waals surface area contributed by atoms with E-state index < -0.39 is 5.97 Å². The zero-order valence-electron chi connectivity index (χ0n) is 15.3. The smallest absolute Gasteiger partial charge is 0.338 e. The summed E-state index contributed by atoms with van der Waals surface area (Å²) in [6.07, 6.45) is 0.968. The quantitative estimate of drug-likeness (QED) is 0.745. The van der Waals surface area contributed by atoms with E-state index in [4.69, 9.17) is 4.42 Å². The Morgan fingerprint density at radius 2 is 2.00 bits per heavy atom. The molecule has 140 valence electrons. The molecule has 0 saturated carbocycles.